The molecule has 0 radical (unpaired) electrons. The molecule has 0 saturated heterocycles. The minimum atomic E-state index is -0.555. The monoisotopic (exact) mass is 259 g/mol. The second-order valence-electron chi connectivity index (χ2n) is 3.93. The van der Waals surface area contributed by atoms with Crippen LogP contribution >= 0.6 is 0 Å². The van der Waals surface area contributed by atoms with Crippen molar-refractivity contribution < 1.29 is 8.78 Å². The molecule has 2 heterocycles. The average Bonchev–Trinajstić information content (AvgIpc) is 2.79. The fourth-order valence-corrected chi connectivity index (χ4v) is 1.91. The van der Waals surface area contributed by atoms with Gasteiger partial charge in [0.2, 0.25) is 5.82 Å². The van der Waals surface area contributed by atoms with Gasteiger partial charge in [-0.05, 0) is 41.6 Å². The van der Waals surface area contributed by atoms with Crippen LogP contribution in [0.5, 0.6) is 0 Å². The van der Waals surface area contributed by atoms with Crippen LogP contribution in [-0.4, -0.2) is 9.38 Å². The summed E-state index contributed by atoms with van der Waals surface area (Å²) in [7, 11) is 0. The van der Waals surface area contributed by atoms with Crippen molar-refractivity contribution in [3.63, 3.8) is 0 Å². The first-order valence-electron chi connectivity index (χ1n) is 5.46. The maximum atomic E-state index is 13.6. The van der Waals surface area contributed by atoms with E-state index in [4.69, 9.17) is 0 Å². The van der Waals surface area contributed by atoms with Gasteiger partial charge in [0.25, 0.3) is 0 Å². The first-order valence-corrected chi connectivity index (χ1v) is 5.46. The SMILES string of the molecule is O=Nc1c(-c2ccc(F)cc2)nc2c(F)cccn12. The molecule has 19 heavy (non-hydrogen) atoms. The van der Waals surface area contributed by atoms with Gasteiger partial charge in [0.05, 0.1) is 0 Å². The third-order valence-electron chi connectivity index (χ3n) is 2.78. The van der Waals surface area contributed by atoms with E-state index in [1.807, 2.05) is 0 Å². The van der Waals surface area contributed by atoms with Crippen molar-refractivity contribution in [3.8, 4) is 11.3 Å². The molecular weight excluding hydrogens is 252 g/mol. The Bertz CT molecular complexity index is 765. The smallest absolute Gasteiger partial charge is 0.209 e. The molecule has 1 aromatic carbocycles. The van der Waals surface area contributed by atoms with Crippen LogP contribution in [0.1, 0.15) is 0 Å². The predicted octanol–water partition coefficient (Wildman–Crippen LogP) is 3.68. The van der Waals surface area contributed by atoms with Crippen LogP contribution in [0.2, 0.25) is 0 Å². The Morgan fingerprint density at radius 3 is 2.53 bits per heavy atom. The number of nitrogens with zero attached hydrogens (tertiary/aromatic N) is 3. The van der Waals surface area contributed by atoms with Crippen molar-refractivity contribution in [2.75, 3.05) is 0 Å². The maximum Gasteiger partial charge on any atom is 0.209 e. The number of aromatic nitrogens is 2. The molecule has 3 rings (SSSR count). The fraction of sp³-hybridized carbons (Fsp3) is 0. The van der Waals surface area contributed by atoms with E-state index in [2.05, 4.69) is 10.2 Å². The lowest BCUT2D eigenvalue weighted by Gasteiger charge is -1.97. The van der Waals surface area contributed by atoms with Crippen LogP contribution in [0.15, 0.2) is 47.8 Å². The molecule has 0 bridgehead atoms. The van der Waals surface area contributed by atoms with Crippen molar-refractivity contribution in [1.82, 2.24) is 9.38 Å². The van der Waals surface area contributed by atoms with Gasteiger partial charge in [0.15, 0.2) is 11.5 Å². The topological polar surface area (TPSA) is 46.7 Å². The molecule has 2 aromatic heterocycles. The average molecular weight is 259 g/mol. The van der Waals surface area contributed by atoms with E-state index in [1.165, 1.54) is 47.0 Å². The molecule has 0 unspecified atom stereocenters. The van der Waals surface area contributed by atoms with Gasteiger partial charge in [-0.3, -0.25) is 4.40 Å². The zero-order valence-corrected chi connectivity index (χ0v) is 9.55. The Kier molecular flexibility index (Phi) is 2.56. The zero-order valence-electron chi connectivity index (χ0n) is 9.55. The van der Waals surface area contributed by atoms with Gasteiger partial charge in [0.1, 0.15) is 11.5 Å². The minimum Gasteiger partial charge on any atom is -0.279 e. The highest BCUT2D eigenvalue weighted by atomic mass is 19.1. The lowest BCUT2D eigenvalue weighted by Crippen LogP contribution is -1.86. The number of benzene rings is 1. The predicted molar refractivity (Wildman–Crippen MR) is 66.0 cm³/mol. The molecule has 6 heteroatoms. The highest BCUT2D eigenvalue weighted by Gasteiger charge is 2.16. The molecule has 0 aliphatic carbocycles. The molecular formula is C13H7F2N3O. The van der Waals surface area contributed by atoms with Crippen molar-refractivity contribution in [1.29, 1.82) is 0 Å². The quantitative estimate of drug-likeness (QED) is 0.659. The molecule has 4 nitrogen and oxygen atoms in total. The van der Waals surface area contributed by atoms with Crippen molar-refractivity contribution in [3.05, 3.63) is 59.1 Å². The van der Waals surface area contributed by atoms with Crippen molar-refractivity contribution >= 4 is 11.5 Å². The number of halogens is 2. The Morgan fingerprint density at radius 1 is 1.11 bits per heavy atom. The summed E-state index contributed by atoms with van der Waals surface area (Å²) in [5.74, 6) is -0.971. The summed E-state index contributed by atoms with van der Waals surface area (Å²) in [5, 5.41) is 2.89. The van der Waals surface area contributed by atoms with Crippen LogP contribution in [0, 0.1) is 16.5 Å². The highest BCUT2D eigenvalue weighted by Crippen LogP contribution is 2.31. The molecule has 94 valence electrons. The Hall–Kier alpha value is -2.63. The van der Waals surface area contributed by atoms with Gasteiger partial charge in [-0.2, -0.15) is 0 Å². The molecule has 0 saturated carbocycles. The molecule has 0 amide bonds. The van der Waals surface area contributed by atoms with Gasteiger partial charge in [-0.1, -0.05) is 0 Å². The third-order valence-corrected chi connectivity index (χ3v) is 2.78. The van der Waals surface area contributed by atoms with E-state index in [-0.39, 0.29) is 17.2 Å². The largest absolute Gasteiger partial charge is 0.279 e. The molecule has 0 fully saturated rings. The van der Waals surface area contributed by atoms with E-state index in [0.29, 0.717) is 5.56 Å². The summed E-state index contributed by atoms with van der Waals surface area (Å²) in [6.45, 7) is 0. The number of nitroso groups, excluding NO2 is 1. The van der Waals surface area contributed by atoms with Crippen LogP contribution < -0.4 is 0 Å². The summed E-state index contributed by atoms with van der Waals surface area (Å²) in [6, 6.07) is 8.10. The lowest BCUT2D eigenvalue weighted by atomic mass is 10.1. The molecule has 0 aliphatic rings. The normalized spacial score (nSPS) is 10.8. The summed E-state index contributed by atoms with van der Waals surface area (Å²) >= 11 is 0. The Labute approximate surface area is 106 Å². The number of hydrogen-bond donors (Lipinski definition) is 0. The second kappa shape index (κ2) is 4.24. The lowest BCUT2D eigenvalue weighted by molar-refractivity contribution is 0.628. The molecule has 0 aliphatic heterocycles. The summed E-state index contributed by atoms with van der Waals surface area (Å²) in [4.78, 5) is 15.0. The summed E-state index contributed by atoms with van der Waals surface area (Å²) in [5.41, 5.74) is 0.732. The van der Waals surface area contributed by atoms with E-state index >= 15 is 0 Å². The molecule has 0 atom stereocenters. The second-order valence-corrected chi connectivity index (χ2v) is 3.93. The van der Waals surface area contributed by atoms with Gasteiger partial charge in [0, 0.05) is 11.8 Å². The van der Waals surface area contributed by atoms with E-state index in [0.717, 1.165) is 0 Å². The number of pyridine rings is 1. The first-order chi connectivity index (χ1) is 9.20. The fourth-order valence-electron chi connectivity index (χ4n) is 1.91. The summed E-state index contributed by atoms with van der Waals surface area (Å²) < 4.78 is 27.8. The van der Waals surface area contributed by atoms with E-state index in [9.17, 15) is 13.7 Å². The van der Waals surface area contributed by atoms with E-state index in [1.54, 1.807) is 0 Å². The number of rotatable bonds is 2. The van der Waals surface area contributed by atoms with Crippen LogP contribution in [0.3, 0.4) is 0 Å². The Morgan fingerprint density at radius 2 is 1.84 bits per heavy atom. The van der Waals surface area contributed by atoms with Gasteiger partial charge >= 0.3 is 0 Å². The van der Waals surface area contributed by atoms with Gasteiger partial charge < -0.3 is 0 Å². The van der Waals surface area contributed by atoms with Crippen LogP contribution in [0.25, 0.3) is 16.9 Å². The highest BCUT2D eigenvalue weighted by molar-refractivity contribution is 5.74. The van der Waals surface area contributed by atoms with Crippen molar-refractivity contribution in [2.45, 2.75) is 0 Å². The van der Waals surface area contributed by atoms with Crippen LogP contribution in [0.4, 0.5) is 14.6 Å². The molecule has 0 N–H and O–H groups in total. The van der Waals surface area contributed by atoms with E-state index < -0.39 is 11.6 Å². The van der Waals surface area contributed by atoms with Gasteiger partial charge in [-0.25, -0.2) is 13.8 Å². The standard InChI is InChI=1S/C13H7F2N3O/c14-9-5-3-8(4-6-9)11-13(17-19)18-7-1-2-10(15)12(18)16-11/h1-7H. The molecule has 0 spiro atoms. The minimum absolute atomic E-state index is 0.0106. The number of imidazole rings is 1. The van der Waals surface area contributed by atoms with Crippen LogP contribution in [-0.2, 0) is 0 Å². The zero-order chi connectivity index (χ0) is 13.4. The summed E-state index contributed by atoms with van der Waals surface area (Å²) in [6.07, 6.45) is 1.50. The first kappa shape index (κ1) is 11.5. The maximum absolute atomic E-state index is 13.6. The number of hydrogen-bond acceptors (Lipinski definition) is 3. The Balaban J connectivity index is 2.32. The third kappa shape index (κ3) is 1.77. The number of fused-ring (bicyclic) bond motifs is 1. The molecule has 3 aromatic rings. The van der Waals surface area contributed by atoms with Crippen molar-refractivity contribution in [2.24, 2.45) is 5.18 Å². The van der Waals surface area contributed by atoms with Gasteiger partial charge in [-0.15, -0.1) is 4.91 Å².